The number of para-hydroxylation sites is 1. The molecule has 2 heterocycles. The van der Waals surface area contributed by atoms with Crippen molar-refractivity contribution in [1.82, 2.24) is 0 Å². The van der Waals surface area contributed by atoms with E-state index in [4.69, 9.17) is 9.47 Å². The van der Waals surface area contributed by atoms with E-state index in [9.17, 15) is 0 Å². The maximum atomic E-state index is 6.11. The maximum Gasteiger partial charge on any atom is 0.0745 e. The lowest BCUT2D eigenvalue weighted by Gasteiger charge is -2.43. The molecule has 2 fully saturated rings. The molecule has 1 N–H and O–H groups in total. The number of ether oxygens (including phenoxy) is 2. The Bertz CT molecular complexity index is 440. The van der Waals surface area contributed by atoms with Crippen LogP contribution in [0, 0.1) is 0 Å². The Morgan fingerprint density at radius 1 is 1.20 bits per heavy atom. The summed E-state index contributed by atoms with van der Waals surface area (Å²) in [4.78, 5) is 1.32. The van der Waals surface area contributed by atoms with E-state index in [0.29, 0.717) is 6.04 Å². The normalized spacial score (nSPS) is 25.6. The maximum absolute atomic E-state index is 6.11. The molecule has 20 heavy (non-hydrogen) atoms. The van der Waals surface area contributed by atoms with Crippen molar-refractivity contribution >= 4 is 17.4 Å². The Balaban J connectivity index is 1.68. The summed E-state index contributed by atoms with van der Waals surface area (Å²) in [5.74, 6) is 0. The summed E-state index contributed by atoms with van der Waals surface area (Å²) in [6.07, 6.45) is 6.39. The van der Waals surface area contributed by atoms with Gasteiger partial charge in [0.1, 0.15) is 0 Å². The lowest BCUT2D eigenvalue weighted by Crippen LogP contribution is -2.47. The van der Waals surface area contributed by atoms with Gasteiger partial charge in [-0.2, -0.15) is 0 Å². The van der Waals surface area contributed by atoms with Crippen LogP contribution >= 0.6 is 11.8 Å². The third-order valence-corrected chi connectivity index (χ3v) is 5.16. The molecule has 3 nitrogen and oxygen atoms in total. The van der Waals surface area contributed by atoms with Gasteiger partial charge in [0.15, 0.2) is 0 Å². The molecule has 1 unspecified atom stereocenters. The highest BCUT2D eigenvalue weighted by Gasteiger charge is 2.39. The van der Waals surface area contributed by atoms with Gasteiger partial charge in [-0.3, -0.25) is 0 Å². The van der Waals surface area contributed by atoms with Crippen LogP contribution in [0.2, 0.25) is 0 Å². The van der Waals surface area contributed by atoms with E-state index in [1.807, 2.05) is 0 Å². The third-order valence-electron chi connectivity index (χ3n) is 4.36. The second-order valence-corrected chi connectivity index (χ2v) is 6.53. The van der Waals surface area contributed by atoms with Crippen molar-refractivity contribution in [2.75, 3.05) is 31.4 Å². The molecule has 0 aromatic heterocycles. The van der Waals surface area contributed by atoms with Gasteiger partial charge in [-0.05, 0) is 44.1 Å². The Morgan fingerprint density at radius 3 is 2.80 bits per heavy atom. The first-order valence-electron chi connectivity index (χ1n) is 7.43. The van der Waals surface area contributed by atoms with E-state index in [2.05, 4.69) is 35.8 Å². The van der Waals surface area contributed by atoms with E-state index < -0.39 is 0 Å². The van der Waals surface area contributed by atoms with Crippen molar-refractivity contribution < 1.29 is 9.47 Å². The Morgan fingerprint density at radius 2 is 2.00 bits per heavy atom. The van der Waals surface area contributed by atoms with Gasteiger partial charge in [-0.1, -0.05) is 12.1 Å². The minimum Gasteiger partial charge on any atom is -0.381 e. The van der Waals surface area contributed by atoms with Crippen LogP contribution in [0.5, 0.6) is 0 Å². The molecule has 0 amide bonds. The average molecular weight is 293 g/mol. The van der Waals surface area contributed by atoms with Gasteiger partial charge in [-0.15, -0.1) is 11.8 Å². The standard InChI is InChI=1S/C16H23NO2S/c1-20-15-5-3-2-4-14(15)17-13-6-9-19-16(12-13)7-10-18-11-8-16/h2-5,13,17H,6-12H2,1H3. The molecule has 1 spiro atoms. The monoisotopic (exact) mass is 293 g/mol. The number of nitrogens with one attached hydrogen (secondary N) is 1. The number of anilines is 1. The van der Waals surface area contributed by atoms with Gasteiger partial charge in [0.25, 0.3) is 0 Å². The minimum absolute atomic E-state index is 0.0580. The number of hydrogen-bond acceptors (Lipinski definition) is 4. The second-order valence-electron chi connectivity index (χ2n) is 5.68. The molecular formula is C16H23NO2S. The highest BCUT2D eigenvalue weighted by Crippen LogP contribution is 2.36. The molecule has 110 valence electrons. The summed E-state index contributed by atoms with van der Waals surface area (Å²) in [6.45, 7) is 2.54. The van der Waals surface area contributed by atoms with Crippen LogP contribution < -0.4 is 5.32 Å². The number of thioether (sulfide) groups is 1. The third kappa shape index (κ3) is 3.13. The van der Waals surface area contributed by atoms with Crippen molar-refractivity contribution in [2.24, 2.45) is 0 Å². The topological polar surface area (TPSA) is 30.5 Å². The molecule has 1 atom stereocenters. The van der Waals surface area contributed by atoms with Crippen molar-refractivity contribution in [3.63, 3.8) is 0 Å². The minimum atomic E-state index is 0.0580. The van der Waals surface area contributed by atoms with Gasteiger partial charge in [-0.25, -0.2) is 0 Å². The molecule has 2 aliphatic heterocycles. The summed E-state index contributed by atoms with van der Waals surface area (Å²) >= 11 is 1.80. The fourth-order valence-electron chi connectivity index (χ4n) is 3.23. The summed E-state index contributed by atoms with van der Waals surface area (Å²) in [5.41, 5.74) is 1.32. The zero-order valence-electron chi connectivity index (χ0n) is 12.1. The van der Waals surface area contributed by atoms with Crippen LogP contribution in [-0.4, -0.2) is 37.7 Å². The van der Waals surface area contributed by atoms with Gasteiger partial charge in [0.2, 0.25) is 0 Å². The number of benzene rings is 1. The molecule has 0 aliphatic carbocycles. The predicted octanol–water partition coefficient (Wildman–Crippen LogP) is 3.55. The van der Waals surface area contributed by atoms with Crippen molar-refractivity contribution in [3.8, 4) is 0 Å². The lowest BCUT2D eigenvalue weighted by atomic mass is 9.84. The number of rotatable bonds is 3. The van der Waals surface area contributed by atoms with E-state index in [1.165, 1.54) is 10.6 Å². The highest BCUT2D eigenvalue weighted by atomic mass is 32.2. The highest BCUT2D eigenvalue weighted by molar-refractivity contribution is 7.98. The molecule has 1 aromatic rings. The smallest absolute Gasteiger partial charge is 0.0745 e. The Labute approximate surface area is 125 Å². The summed E-state index contributed by atoms with van der Waals surface area (Å²) in [6, 6.07) is 9.07. The van der Waals surface area contributed by atoms with Gasteiger partial charge in [0, 0.05) is 36.4 Å². The summed E-state index contributed by atoms with van der Waals surface area (Å²) in [5, 5.41) is 3.73. The Hall–Kier alpha value is -0.710. The quantitative estimate of drug-likeness (QED) is 0.863. The fourth-order valence-corrected chi connectivity index (χ4v) is 3.79. The number of hydrogen-bond donors (Lipinski definition) is 1. The van der Waals surface area contributed by atoms with Crippen molar-refractivity contribution in [1.29, 1.82) is 0 Å². The molecule has 1 aromatic carbocycles. The van der Waals surface area contributed by atoms with Crippen molar-refractivity contribution in [3.05, 3.63) is 24.3 Å². The van der Waals surface area contributed by atoms with Crippen molar-refractivity contribution in [2.45, 2.75) is 42.2 Å². The molecule has 2 aliphatic rings. The van der Waals surface area contributed by atoms with E-state index >= 15 is 0 Å². The van der Waals surface area contributed by atoms with Crippen LogP contribution in [0.1, 0.15) is 25.7 Å². The van der Waals surface area contributed by atoms with Gasteiger partial charge >= 0.3 is 0 Å². The van der Waals surface area contributed by atoms with Gasteiger partial charge < -0.3 is 14.8 Å². The first-order valence-corrected chi connectivity index (χ1v) is 8.65. The van der Waals surface area contributed by atoms with Crippen LogP contribution in [0.4, 0.5) is 5.69 Å². The molecule has 4 heteroatoms. The Kier molecular flexibility index (Phi) is 4.54. The fraction of sp³-hybridized carbons (Fsp3) is 0.625. The van der Waals surface area contributed by atoms with Crippen LogP contribution in [0.25, 0.3) is 0 Å². The van der Waals surface area contributed by atoms with Crippen LogP contribution in [0.15, 0.2) is 29.2 Å². The van der Waals surface area contributed by atoms with Crippen LogP contribution in [-0.2, 0) is 9.47 Å². The second kappa shape index (κ2) is 6.37. The lowest BCUT2D eigenvalue weighted by molar-refractivity contribution is -0.135. The zero-order chi connectivity index (χ0) is 13.8. The first-order chi connectivity index (χ1) is 9.81. The van der Waals surface area contributed by atoms with Gasteiger partial charge in [0.05, 0.1) is 5.60 Å². The summed E-state index contributed by atoms with van der Waals surface area (Å²) in [7, 11) is 0. The average Bonchev–Trinajstić information content (AvgIpc) is 2.49. The van der Waals surface area contributed by atoms with Crippen LogP contribution in [0.3, 0.4) is 0 Å². The largest absolute Gasteiger partial charge is 0.381 e. The molecule has 0 saturated carbocycles. The zero-order valence-corrected chi connectivity index (χ0v) is 12.9. The summed E-state index contributed by atoms with van der Waals surface area (Å²) < 4.78 is 11.6. The SMILES string of the molecule is CSc1ccccc1NC1CCOC2(CCOCC2)C1. The molecule has 0 radical (unpaired) electrons. The molecular weight excluding hydrogens is 270 g/mol. The van der Waals surface area contributed by atoms with E-state index in [1.54, 1.807) is 11.8 Å². The van der Waals surface area contributed by atoms with E-state index in [0.717, 1.165) is 45.5 Å². The first kappa shape index (κ1) is 14.2. The predicted molar refractivity (Wildman–Crippen MR) is 83.6 cm³/mol. The molecule has 0 bridgehead atoms. The molecule has 3 rings (SSSR count). The van der Waals surface area contributed by atoms with E-state index in [-0.39, 0.29) is 5.60 Å². The molecule has 2 saturated heterocycles.